The third-order valence-electron chi connectivity index (χ3n) is 4.53. The van der Waals surface area contributed by atoms with Gasteiger partial charge in [0.15, 0.2) is 0 Å². The van der Waals surface area contributed by atoms with Crippen LogP contribution in [0.15, 0.2) is 59.0 Å². The highest BCUT2D eigenvalue weighted by atomic mass is 16.4. The lowest BCUT2D eigenvalue weighted by Gasteiger charge is -2.12. The molecule has 1 aliphatic carbocycles. The Morgan fingerprint density at radius 3 is 2.20 bits per heavy atom. The van der Waals surface area contributed by atoms with Crippen LogP contribution in [0.2, 0.25) is 0 Å². The van der Waals surface area contributed by atoms with E-state index in [0.717, 1.165) is 11.1 Å². The molecule has 0 radical (unpaired) electrons. The molecule has 0 spiro atoms. The van der Waals surface area contributed by atoms with E-state index in [4.69, 9.17) is 4.42 Å². The Morgan fingerprint density at radius 1 is 1.00 bits per heavy atom. The van der Waals surface area contributed by atoms with Crippen LogP contribution in [0.25, 0.3) is 22.9 Å². The van der Waals surface area contributed by atoms with Crippen LogP contribution in [-0.2, 0) is 0 Å². The van der Waals surface area contributed by atoms with Crippen molar-refractivity contribution in [3.8, 4) is 22.9 Å². The van der Waals surface area contributed by atoms with Crippen LogP contribution in [0, 0.1) is 5.92 Å². The van der Waals surface area contributed by atoms with Gasteiger partial charge in [0.2, 0.25) is 11.8 Å². The fourth-order valence-corrected chi connectivity index (χ4v) is 2.81. The summed E-state index contributed by atoms with van der Waals surface area (Å²) < 4.78 is 5.74. The smallest absolute Gasteiger partial charge is 0.251 e. The number of nitrogens with one attached hydrogen (secondary N) is 1. The van der Waals surface area contributed by atoms with Crippen molar-refractivity contribution in [3.63, 3.8) is 0 Å². The molecule has 0 saturated heterocycles. The molecule has 1 amide bonds. The predicted molar refractivity (Wildman–Crippen MR) is 94.8 cm³/mol. The van der Waals surface area contributed by atoms with E-state index >= 15 is 0 Å². The highest BCUT2D eigenvalue weighted by Gasteiger charge is 2.29. The first kappa shape index (κ1) is 15.6. The van der Waals surface area contributed by atoms with Crippen LogP contribution < -0.4 is 5.32 Å². The minimum absolute atomic E-state index is 0.0403. The van der Waals surface area contributed by atoms with Crippen LogP contribution in [-0.4, -0.2) is 22.1 Å². The summed E-state index contributed by atoms with van der Waals surface area (Å²) >= 11 is 0. The van der Waals surface area contributed by atoms with Crippen LogP contribution in [0.1, 0.15) is 30.1 Å². The van der Waals surface area contributed by atoms with Gasteiger partial charge in [-0.1, -0.05) is 18.2 Å². The van der Waals surface area contributed by atoms with Gasteiger partial charge in [-0.05, 0) is 62.1 Å². The van der Waals surface area contributed by atoms with Gasteiger partial charge >= 0.3 is 0 Å². The van der Waals surface area contributed by atoms with E-state index in [1.165, 1.54) is 12.8 Å². The Labute approximate surface area is 146 Å². The van der Waals surface area contributed by atoms with Crippen LogP contribution in [0.3, 0.4) is 0 Å². The molecule has 1 heterocycles. The molecular formula is C20H19N3O2. The zero-order valence-electron chi connectivity index (χ0n) is 14.0. The lowest BCUT2D eigenvalue weighted by Crippen LogP contribution is -2.33. The second-order valence-corrected chi connectivity index (χ2v) is 6.46. The number of carbonyl (C=O) groups is 1. The third kappa shape index (κ3) is 3.45. The topological polar surface area (TPSA) is 68.0 Å². The Kier molecular flexibility index (Phi) is 4.06. The van der Waals surface area contributed by atoms with E-state index < -0.39 is 0 Å². The van der Waals surface area contributed by atoms with Crippen molar-refractivity contribution in [1.82, 2.24) is 15.5 Å². The monoisotopic (exact) mass is 333 g/mol. The van der Waals surface area contributed by atoms with E-state index in [2.05, 4.69) is 22.4 Å². The number of hydrogen-bond donors (Lipinski definition) is 1. The van der Waals surface area contributed by atoms with Gasteiger partial charge in [0.1, 0.15) is 0 Å². The minimum Gasteiger partial charge on any atom is -0.416 e. The van der Waals surface area contributed by atoms with E-state index in [-0.39, 0.29) is 11.9 Å². The second-order valence-electron chi connectivity index (χ2n) is 6.46. The summed E-state index contributed by atoms with van der Waals surface area (Å²) in [6.07, 6.45) is 2.42. The second kappa shape index (κ2) is 6.51. The highest BCUT2D eigenvalue weighted by Crippen LogP contribution is 2.32. The number of rotatable bonds is 5. The molecule has 2 aromatic carbocycles. The Hall–Kier alpha value is -2.95. The third-order valence-corrected chi connectivity index (χ3v) is 4.53. The van der Waals surface area contributed by atoms with Crippen molar-refractivity contribution >= 4 is 5.91 Å². The standard InChI is InChI=1S/C20H19N3O2/c1-13(14-7-8-14)21-18(24)15-9-11-17(12-10-15)20-23-22-19(25-20)16-5-3-2-4-6-16/h2-6,9-14H,7-8H2,1H3,(H,21,24)/t13-/m0/s1. The number of benzene rings is 2. The van der Waals surface area contributed by atoms with Gasteiger partial charge in [-0.3, -0.25) is 4.79 Å². The number of nitrogens with zero attached hydrogens (tertiary/aromatic N) is 2. The SMILES string of the molecule is C[C@H](NC(=O)c1ccc(-c2nnc(-c3ccccc3)o2)cc1)C1CC1. The zero-order valence-corrected chi connectivity index (χ0v) is 14.0. The highest BCUT2D eigenvalue weighted by molar-refractivity contribution is 5.94. The minimum atomic E-state index is -0.0403. The normalized spacial score (nSPS) is 14.9. The van der Waals surface area contributed by atoms with Gasteiger partial charge in [0.05, 0.1) is 0 Å². The number of carbonyl (C=O) groups excluding carboxylic acids is 1. The van der Waals surface area contributed by atoms with E-state index in [9.17, 15) is 4.79 Å². The largest absolute Gasteiger partial charge is 0.416 e. The molecule has 1 fully saturated rings. The predicted octanol–water partition coefficient (Wildman–Crippen LogP) is 3.93. The average molecular weight is 333 g/mol. The first-order valence-electron chi connectivity index (χ1n) is 8.51. The molecule has 0 unspecified atom stereocenters. The molecule has 1 N–H and O–H groups in total. The lowest BCUT2D eigenvalue weighted by atomic mass is 10.1. The number of aromatic nitrogens is 2. The van der Waals surface area contributed by atoms with Crippen molar-refractivity contribution in [3.05, 3.63) is 60.2 Å². The van der Waals surface area contributed by atoms with Crippen molar-refractivity contribution in [2.45, 2.75) is 25.8 Å². The Morgan fingerprint density at radius 2 is 1.60 bits per heavy atom. The van der Waals surface area contributed by atoms with Crippen molar-refractivity contribution in [2.24, 2.45) is 5.92 Å². The molecule has 4 rings (SSSR count). The van der Waals surface area contributed by atoms with Gasteiger partial charge in [-0.15, -0.1) is 10.2 Å². The van der Waals surface area contributed by atoms with Crippen LogP contribution in [0.5, 0.6) is 0 Å². The van der Waals surface area contributed by atoms with Crippen molar-refractivity contribution < 1.29 is 9.21 Å². The van der Waals surface area contributed by atoms with Gasteiger partial charge in [-0.2, -0.15) is 0 Å². The van der Waals surface area contributed by atoms with Crippen LogP contribution in [0.4, 0.5) is 0 Å². The molecule has 0 aliphatic heterocycles. The summed E-state index contributed by atoms with van der Waals surface area (Å²) in [7, 11) is 0. The summed E-state index contributed by atoms with van der Waals surface area (Å²) in [6.45, 7) is 2.06. The first-order chi connectivity index (χ1) is 12.2. The van der Waals surface area contributed by atoms with Gasteiger partial charge < -0.3 is 9.73 Å². The summed E-state index contributed by atoms with van der Waals surface area (Å²) in [5.74, 6) is 1.52. The maximum atomic E-state index is 12.3. The Balaban J connectivity index is 1.48. The average Bonchev–Trinajstić information content (AvgIpc) is 3.39. The number of amides is 1. The van der Waals surface area contributed by atoms with Crippen molar-refractivity contribution in [2.75, 3.05) is 0 Å². The molecule has 0 bridgehead atoms. The van der Waals surface area contributed by atoms with Crippen LogP contribution >= 0.6 is 0 Å². The fourth-order valence-electron chi connectivity index (χ4n) is 2.81. The molecule has 1 saturated carbocycles. The quantitative estimate of drug-likeness (QED) is 0.768. The van der Waals surface area contributed by atoms with Gasteiger partial charge in [-0.25, -0.2) is 0 Å². The summed E-state index contributed by atoms with van der Waals surface area (Å²) in [6, 6.07) is 17.1. The van der Waals surface area contributed by atoms with E-state index in [1.54, 1.807) is 12.1 Å². The molecule has 1 atom stereocenters. The molecule has 25 heavy (non-hydrogen) atoms. The van der Waals surface area contributed by atoms with E-state index in [0.29, 0.717) is 23.3 Å². The lowest BCUT2D eigenvalue weighted by molar-refractivity contribution is 0.0936. The maximum Gasteiger partial charge on any atom is 0.251 e. The zero-order chi connectivity index (χ0) is 17.2. The molecular weight excluding hydrogens is 314 g/mol. The first-order valence-corrected chi connectivity index (χ1v) is 8.51. The van der Waals surface area contributed by atoms with E-state index in [1.807, 2.05) is 42.5 Å². The van der Waals surface area contributed by atoms with Gasteiger partial charge in [0, 0.05) is 22.7 Å². The summed E-state index contributed by atoms with van der Waals surface area (Å²) in [5.41, 5.74) is 2.31. The summed E-state index contributed by atoms with van der Waals surface area (Å²) in [4.78, 5) is 12.3. The molecule has 5 nitrogen and oxygen atoms in total. The number of hydrogen-bond acceptors (Lipinski definition) is 4. The van der Waals surface area contributed by atoms with Crippen molar-refractivity contribution in [1.29, 1.82) is 0 Å². The molecule has 5 heteroatoms. The summed E-state index contributed by atoms with van der Waals surface area (Å²) in [5, 5.41) is 11.2. The molecule has 1 aromatic heterocycles. The van der Waals surface area contributed by atoms with Gasteiger partial charge in [0.25, 0.3) is 5.91 Å². The molecule has 3 aromatic rings. The fraction of sp³-hybridized carbons (Fsp3) is 0.250. The molecule has 126 valence electrons. The maximum absolute atomic E-state index is 12.3. The molecule has 1 aliphatic rings. The Bertz CT molecular complexity index is 867.